The number of amides is 1. The molecule has 3 N–H and O–H groups in total. The number of carboxylic acid groups (broad SMARTS) is 1. The summed E-state index contributed by atoms with van der Waals surface area (Å²) >= 11 is 18.1. The van der Waals surface area contributed by atoms with Gasteiger partial charge in [-0.25, -0.2) is 4.68 Å². The predicted octanol–water partition coefficient (Wildman–Crippen LogP) is 4.07. The van der Waals surface area contributed by atoms with E-state index >= 15 is 0 Å². The highest BCUT2D eigenvalue weighted by Gasteiger charge is 2.23. The van der Waals surface area contributed by atoms with E-state index in [4.69, 9.17) is 34.8 Å². The van der Waals surface area contributed by atoms with Gasteiger partial charge in [-0.3, -0.25) is 19.5 Å². The Morgan fingerprint density at radius 3 is 2.48 bits per heavy atom. The molecular formula is C19H14Cl3N3O4. The highest BCUT2D eigenvalue weighted by atomic mass is 35.5. The molecule has 3 aromatic rings. The van der Waals surface area contributed by atoms with E-state index in [9.17, 15) is 19.5 Å². The summed E-state index contributed by atoms with van der Waals surface area (Å²) in [6.45, 7) is 0. The van der Waals surface area contributed by atoms with Gasteiger partial charge in [0.05, 0.1) is 18.2 Å². The van der Waals surface area contributed by atoms with Crippen LogP contribution in [0.4, 0.5) is 0 Å². The Labute approximate surface area is 179 Å². The minimum absolute atomic E-state index is 0.0523. The second kappa shape index (κ2) is 8.73. The summed E-state index contributed by atoms with van der Waals surface area (Å²) < 4.78 is 1.15. The van der Waals surface area contributed by atoms with Crippen LogP contribution in [0.1, 0.15) is 28.5 Å². The van der Waals surface area contributed by atoms with Crippen molar-refractivity contribution in [3.05, 3.63) is 85.2 Å². The summed E-state index contributed by atoms with van der Waals surface area (Å²) in [5, 5.41) is 15.5. The summed E-state index contributed by atoms with van der Waals surface area (Å²) in [5.74, 6) is -1.82. The second-order valence-electron chi connectivity index (χ2n) is 6.11. The van der Waals surface area contributed by atoms with E-state index in [0.717, 1.165) is 10.7 Å². The minimum atomic E-state index is -1.14. The van der Waals surface area contributed by atoms with Crippen molar-refractivity contribution in [3.63, 3.8) is 0 Å². The first-order valence-corrected chi connectivity index (χ1v) is 9.43. The van der Waals surface area contributed by atoms with Crippen LogP contribution in [0, 0.1) is 0 Å². The smallest absolute Gasteiger partial charge is 0.305 e. The molecular weight excluding hydrogens is 441 g/mol. The molecule has 3 rings (SSSR count). The summed E-state index contributed by atoms with van der Waals surface area (Å²) in [6.07, 6.45) is -0.426. The summed E-state index contributed by atoms with van der Waals surface area (Å²) in [4.78, 5) is 36.2. The van der Waals surface area contributed by atoms with Crippen LogP contribution in [0.3, 0.4) is 0 Å². The van der Waals surface area contributed by atoms with Gasteiger partial charge in [0.2, 0.25) is 0 Å². The maximum Gasteiger partial charge on any atom is 0.305 e. The molecule has 0 saturated heterocycles. The van der Waals surface area contributed by atoms with Gasteiger partial charge in [-0.2, -0.15) is 0 Å². The molecule has 0 spiro atoms. The highest BCUT2D eigenvalue weighted by Crippen LogP contribution is 2.28. The third-order valence-corrected chi connectivity index (χ3v) is 4.86. The van der Waals surface area contributed by atoms with Crippen molar-refractivity contribution in [2.24, 2.45) is 0 Å². The molecule has 1 atom stereocenters. The molecule has 1 aromatic heterocycles. The van der Waals surface area contributed by atoms with E-state index in [1.807, 2.05) is 0 Å². The molecule has 29 heavy (non-hydrogen) atoms. The van der Waals surface area contributed by atoms with Gasteiger partial charge in [-0.15, -0.1) is 0 Å². The third kappa shape index (κ3) is 5.00. The Balaban J connectivity index is 1.91. The van der Waals surface area contributed by atoms with Crippen molar-refractivity contribution in [1.29, 1.82) is 0 Å². The molecule has 10 heteroatoms. The summed E-state index contributed by atoms with van der Waals surface area (Å²) in [5.41, 5.74) is 0.268. The molecule has 0 saturated carbocycles. The first-order chi connectivity index (χ1) is 13.7. The first-order valence-electron chi connectivity index (χ1n) is 8.30. The largest absolute Gasteiger partial charge is 0.481 e. The Morgan fingerprint density at radius 2 is 1.79 bits per heavy atom. The van der Waals surface area contributed by atoms with Crippen LogP contribution in [-0.2, 0) is 4.79 Å². The summed E-state index contributed by atoms with van der Waals surface area (Å²) in [7, 11) is 0. The van der Waals surface area contributed by atoms with Crippen molar-refractivity contribution in [1.82, 2.24) is 15.1 Å². The van der Waals surface area contributed by atoms with Gasteiger partial charge in [0.1, 0.15) is 5.69 Å². The second-order valence-corrected chi connectivity index (χ2v) is 7.39. The van der Waals surface area contributed by atoms with Crippen LogP contribution >= 0.6 is 34.8 Å². The number of aromatic amines is 1. The van der Waals surface area contributed by atoms with E-state index < -0.39 is 29.9 Å². The van der Waals surface area contributed by atoms with Gasteiger partial charge in [-0.05, 0) is 42.0 Å². The fraction of sp³-hybridized carbons (Fsp3) is 0.105. The number of aromatic nitrogens is 2. The van der Waals surface area contributed by atoms with E-state index in [1.54, 1.807) is 30.3 Å². The number of hydrogen-bond acceptors (Lipinski definition) is 3. The standard InChI is InChI=1S/C19H14Cl3N3O4/c20-10-2-1-3-12(6-10)25-17(26)8-16(24-25)19(29)23-15(9-18(27)28)13-7-11(21)4-5-14(13)22/h1-8,15,24H,9H2,(H,23,29)(H,27,28). The van der Waals surface area contributed by atoms with Crippen molar-refractivity contribution in [3.8, 4) is 5.69 Å². The number of hydrogen-bond donors (Lipinski definition) is 3. The molecule has 0 aliphatic rings. The maximum absolute atomic E-state index is 12.7. The Hall–Kier alpha value is -2.74. The van der Waals surface area contributed by atoms with Gasteiger partial charge in [0.15, 0.2) is 0 Å². The lowest BCUT2D eigenvalue weighted by Crippen LogP contribution is -2.30. The number of H-pyrrole nitrogens is 1. The molecule has 7 nitrogen and oxygen atoms in total. The molecule has 0 aliphatic heterocycles. The first kappa shape index (κ1) is 21.0. The fourth-order valence-electron chi connectivity index (χ4n) is 2.75. The number of nitrogens with one attached hydrogen (secondary N) is 2. The number of aliphatic carboxylic acids is 1. The zero-order valence-corrected chi connectivity index (χ0v) is 16.9. The van der Waals surface area contributed by atoms with Crippen molar-refractivity contribution >= 4 is 46.7 Å². The van der Waals surface area contributed by atoms with E-state index in [0.29, 0.717) is 21.3 Å². The highest BCUT2D eigenvalue weighted by molar-refractivity contribution is 6.33. The average molecular weight is 455 g/mol. The van der Waals surface area contributed by atoms with E-state index in [2.05, 4.69) is 10.4 Å². The van der Waals surface area contributed by atoms with Gasteiger partial charge >= 0.3 is 5.97 Å². The Kier molecular flexibility index (Phi) is 6.32. The normalized spacial score (nSPS) is 11.8. The SMILES string of the molecule is O=C(O)CC(NC(=O)c1cc(=O)n(-c2cccc(Cl)c2)[nH]1)c1cc(Cl)ccc1Cl. The maximum atomic E-state index is 12.7. The number of rotatable bonds is 6. The lowest BCUT2D eigenvalue weighted by Gasteiger charge is -2.18. The van der Waals surface area contributed by atoms with E-state index in [-0.39, 0.29) is 10.7 Å². The van der Waals surface area contributed by atoms with Gasteiger partial charge in [0.25, 0.3) is 11.5 Å². The topological polar surface area (TPSA) is 104 Å². The van der Waals surface area contributed by atoms with Crippen molar-refractivity contribution < 1.29 is 14.7 Å². The van der Waals surface area contributed by atoms with E-state index in [1.165, 1.54) is 12.1 Å². The molecule has 1 heterocycles. The lowest BCUT2D eigenvalue weighted by molar-refractivity contribution is -0.137. The number of carbonyl (C=O) groups excluding carboxylic acids is 1. The minimum Gasteiger partial charge on any atom is -0.481 e. The quantitative estimate of drug-likeness (QED) is 0.522. The summed E-state index contributed by atoms with van der Waals surface area (Å²) in [6, 6.07) is 11.2. The van der Waals surface area contributed by atoms with Crippen LogP contribution in [0.2, 0.25) is 15.1 Å². The number of halogens is 3. The Bertz CT molecular complexity index is 1140. The zero-order valence-electron chi connectivity index (χ0n) is 14.7. The molecule has 0 radical (unpaired) electrons. The molecule has 0 fully saturated rings. The van der Waals surface area contributed by atoms with Crippen LogP contribution in [0.15, 0.2) is 53.3 Å². The van der Waals surface area contributed by atoms with Crippen LogP contribution in [-0.4, -0.2) is 26.8 Å². The molecule has 0 aliphatic carbocycles. The molecule has 1 unspecified atom stereocenters. The number of nitrogens with zero attached hydrogens (tertiary/aromatic N) is 1. The number of carbonyl (C=O) groups is 2. The van der Waals surface area contributed by atoms with Gasteiger partial charge in [-0.1, -0.05) is 40.9 Å². The lowest BCUT2D eigenvalue weighted by atomic mass is 10.0. The van der Waals surface area contributed by atoms with Crippen molar-refractivity contribution in [2.75, 3.05) is 0 Å². The number of benzene rings is 2. The van der Waals surface area contributed by atoms with Crippen LogP contribution < -0.4 is 10.9 Å². The monoisotopic (exact) mass is 453 g/mol. The van der Waals surface area contributed by atoms with Crippen LogP contribution in [0.5, 0.6) is 0 Å². The fourth-order valence-corrected chi connectivity index (χ4v) is 3.36. The van der Waals surface area contributed by atoms with Gasteiger partial charge < -0.3 is 10.4 Å². The van der Waals surface area contributed by atoms with Crippen LogP contribution in [0.25, 0.3) is 5.69 Å². The molecule has 1 amide bonds. The third-order valence-electron chi connectivity index (χ3n) is 4.05. The zero-order chi connectivity index (χ0) is 21.1. The Morgan fingerprint density at radius 1 is 1.07 bits per heavy atom. The molecule has 0 bridgehead atoms. The predicted molar refractivity (Wildman–Crippen MR) is 110 cm³/mol. The van der Waals surface area contributed by atoms with Gasteiger partial charge in [0, 0.05) is 21.1 Å². The molecule has 150 valence electrons. The average Bonchev–Trinajstić information content (AvgIpc) is 3.05. The number of carboxylic acids is 1. The van der Waals surface area contributed by atoms with Crippen molar-refractivity contribution in [2.45, 2.75) is 12.5 Å². The molecule has 2 aromatic carbocycles.